The van der Waals surface area contributed by atoms with Gasteiger partial charge in [0.2, 0.25) is 0 Å². The lowest BCUT2D eigenvalue weighted by molar-refractivity contribution is -0.137. The van der Waals surface area contributed by atoms with Crippen LogP contribution >= 0.6 is 11.6 Å². The summed E-state index contributed by atoms with van der Waals surface area (Å²) < 4.78 is 40.3. The van der Waals surface area contributed by atoms with Gasteiger partial charge in [0.05, 0.1) is 39.2 Å². The van der Waals surface area contributed by atoms with Crippen molar-refractivity contribution in [3.8, 4) is 5.69 Å². The van der Waals surface area contributed by atoms with Gasteiger partial charge in [0, 0.05) is 17.5 Å². The van der Waals surface area contributed by atoms with Crippen LogP contribution in [0.15, 0.2) is 97.2 Å². The highest BCUT2D eigenvalue weighted by Crippen LogP contribution is 2.31. The minimum absolute atomic E-state index is 0.195. The molecule has 0 aliphatic heterocycles. The Labute approximate surface area is 226 Å². The van der Waals surface area contributed by atoms with E-state index in [2.05, 4.69) is 15.7 Å². The number of nitrogens with one attached hydrogen (secondary N) is 2. The fraction of sp³-hybridized carbons (Fsp3) is 0.0690. The number of rotatable bonds is 6. The molecule has 2 N–H and O–H groups in total. The van der Waals surface area contributed by atoms with Crippen molar-refractivity contribution >= 4 is 40.0 Å². The summed E-state index contributed by atoms with van der Waals surface area (Å²) in [5, 5.41) is 10.8. The number of aromatic nitrogens is 2. The third-order valence-corrected chi connectivity index (χ3v) is 6.40. The van der Waals surface area contributed by atoms with Crippen molar-refractivity contribution in [3.63, 3.8) is 0 Å². The molecule has 0 aliphatic carbocycles. The van der Waals surface area contributed by atoms with Crippen molar-refractivity contribution in [1.82, 2.24) is 15.1 Å². The number of anilines is 1. The van der Waals surface area contributed by atoms with E-state index in [0.717, 1.165) is 12.1 Å². The highest BCUT2D eigenvalue weighted by atomic mass is 35.5. The van der Waals surface area contributed by atoms with Crippen LogP contribution in [0.4, 0.5) is 18.9 Å². The van der Waals surface area contributed by atoms with Crippen molar-refractivity contribution in [1.29, 1.82) is 0 Å². The van der Waals surface area contributed by atoms with Gasteiger partial charge >= 0.3 is 6.18 Å². The second-order valence-corrected chi connectivity index (χ2v) is 9.06. The summed E-state index contributed by atoms with van der Waals surface area (Å²) in [6.45, 7) is 0.195. The standard InChI is InChI=1S/C29H20ClF3N4O2/c30-24-14-9-18(16-34-27(38)19-5-2-1-3-6-19)15-22(24)28(39)36-25-7-4-8-26-23(25)17-35-37(26)21-12-10-20(11-13-21)29(31,32)33/h1-15,17H,16H2,(H,34,38)(H,36,39). The lowest BCUT2D eigenvalue weighted by atomic mass is 10.1. The van der Waals surface area contributed by atoms with Crippen LogP contribution in [0.3, 0.4) is 0 Å². The van der Waals surface area contributed by atoms with Crippen LogP contribution in [0.25, 0.3) is 16.6 Å². The van der Waals surface area contributed by atoms with Crippen molar-refractivity contribution in [2.75, 3.05) is 5.32 Å². The van der Waals surface area contributed by atoms with E-state index in [0.29, 0.717) is 33.4 Å². The Morgan fingerprint density at radius 1 is 0.872 bits per heavy atom. The molecule has 0 saturated carbocycles. The Balaban J connectivity index is 1.35. The molecule has 0 radical (unpaired) electrons. The average Bonchev–Trinajstić information content (AvgIpc) is 3.37. The van der Waals surface area contributed by atoms with Crippen LogP contribution in [0.2, 0.25) is 5.02 Å². The Morgan fingerprint density at radius 3 is 2.33 bits per heavy atom. The van der Waals surface area contributed by atoms with E-state index in [-0.39, 0.29) is 23.0 Å². The van der Waals surface area contributed by atoms with Crippen molar-refractivity contribution in [2.45, 2.75) is 12.7 Å². The predicted molar refractivity (Wildman–Crippen MR) is 143 cm³/mol. The smallest absolute Gasteiger partial charge is 0.348 e. The number of hydrogen-bond acceptors (Lipinski definition) is 3. The van der Waals surface area contributed by atoms with Gasteiger partial charge in [-0.25, -0.2) is 4.68 Å². The monoisotopic (exact) mass is 548 g/mol. The van der Waals surface area contributed by atoms with E-state index in [1.54, 1.807) is 60.7 Å². The van der Waals surface area contributed by atoms with Crippen LogP contribution in [-0.4, -0.2) is 21.6 Å². The molecular formula is C29H20ClF3N4O2. The van der Waals surface area contributed by atoms with E-state index in [1.807, 2.05) is 6.07 Å². The lowest BCUT2D eigenvalue weighted by Gasteiger charge is -2.11. The summed E-state index contributed by atoms with van der Waals surface area (Å²) in [4.78, 5) is 25.5. The first-order valence-electron chi connectivity index (χ1n) is 11.8. The maximum atomic E-state index is 13.2. The SMILES string of the molecule is O=C(NCc1ccc(Cl)c(C(=O)Nc2cccc3c2cnn3-c2ccc(C(F)(F)F)cc2)c1)c1ccccc1. The molecule has 0 saturated heterocycles. The maximum Gasteiger partial charge on any atom is 0.416 e. The molecule has 0 aliphatic rings. The zero-order chi connectivity index (χ0) is 27.6. The van der Waals surface area contributed by atoms with E-state index in [9.17, 15) is 22.8 Å². The number of fused-ring (bicyclic) bond motifs is 1. The number of nitrogens with zero attached hydrogens (tertiary/aromatic N) is 2. The molecule has 2 amide bonds. The van der Waals surface area contributed by atoms with Gasteiger partial charge in [-0.05, 0) is 66.2 Å². The molecule has 0 atom stereocenters. The average molecular weight is 549 g/mol. The Kier molecular flexibility index (Phi) is 7.08. The number of carbonyl (C=O) groups is 2. The molecule has 5 rings (SSSR count). The zero-order valence-corrected chi connectivity index (χ0v) is 20.9. The molecule has 0 unspecified atom stereocenters. The summed E-state index contributed by atoms with van der Waals surface area (Å²) in [7, 11) is 0. The highest BCUT2D eigenvalue weighted by molar-refractivity contribution is 6.34. The van der Waals surface area contributed by atoms with Gasteiger partial charge in [-0.2, -0.15) is 18.3 Å². The molecule has 39 heavy (non-hydrogen) atoms. The van der Waals surface area contributed by atoms with Crippen LogP contribution in [0, 0.1) is 0 Å². The minimum Gasteiger partial charge on any atom is -0.348 e. The fourth-order valence-electron chi connectivity index (χ4n) is 4.08. The van der Waals surface area contributed by atoms with Crippen LogP contribution in [0.1, 0.15) is 31.8 Å². The molecule has 10 heteroatoms. The van der Waals surface area contributed by atoms with Gasteiger partial charge in [0.1, 0.15) is 0 Å². The highest BCUT2D eigenvalue weighted by Gasteiger charge is 2.30. The molecule has 4 aromatic carbocycles. The number of alkyl halides is 3. The number of carbonyl (C=O) groups excluding carboxylic acids is 2. The summed E-state index contributed by atoms with van der Waals surface area (Å²) in [6.07, 6.45) is -2.91. The number of benzene rings is 4. The first-order valence-corrected chi connectivity index (χ1v) is 12.2. The molecule has 196 valence electrons. The van der Waals surface area contributed by atoms with Gasteiger partial charge in [0.25, 0.3) is 11.8 Å². The van der Waals surface area contributed by atoms with E-state index >= 15 is 0 Å². The molecule has 0 spiro atoms. The van der Waals surface area contributed by atoms with E-state index in [4.69, 9.17) is 11.6 Å². The Morgan fingerprint density at radius 2 is 1.62 bits per heavy atom. The quantitative estimate of drug-likeness (QED) is 0.243. The molecular weight excluding hydrogens is 529 g/mol. The maximum absolute atomic E-state index is 13.2. The Bertz CT molecular complexity index is 1670. The second-order valence-electron chi connectivity index (χ2n) is 8.66. The normalized spacial score (nSPS) is 11.4. The molecule has 6 nitrogen and oxygen atoms in total. The van der Waals surface area contributed by atoms with Gasteiger partial charge in [-0.3, -0.25) is 9.59 Å². The van der Waals surface area contributed by atoms with Gasteiger partial charge in [-0.15, -0.1) is 0 Å². The second kappa shape index (κ2) is 10.6. The van der Waals surface area contributed by atoms with Crippen LogP contribution < -0.4 is 10.6 Å². The third-order valence-electron chi connectivity index (χ3n) is 6.07. The summed E-state index contributed by atoms with van der Waals surface area (Å²) in [6, 6.07) is 23.5. The topological polar surface area (TPSA) is 76.0 Å². The molecule has 1 aromatic heterocycles. The van der Waals surface area contributed by atoms with E-state index in [1.165, 1.54) is 23.0 Å². The molecule has 0 fully saturated rings. The zero-order valence-electron chi connectivity index (χ0n) is 20.2. The van der Waals surface area contributed by atoms with Crippen molar-refractivity contribution in [3.05, 3.63) is 124 Å². The first-order chi connectivity index (χ1) is 18.7. The van der Waals surface area contributed by atoms with Crippen molar-refractivity contribution < 1.29 is 22.8 Å². The number of hydrogen-bond donors (Lipinski definition) is 2. The predicted octanol–water partition coefficient (Wildman–Crippen LogP) is 6.88. The van der Waals surface area contributed by atoms with Gasteiger partial charge in [-0.1, -0.05) is 41.9 Å². The first kappa shape index (κ1) is 26.0. The van der Waals surface area contributed by atoms with Crippen molar-refractivity contribution in [2.24, 2.45) is 0 Å². The fourth-order valence-corrected chi connectivity index (χ4v) is 4.28. The summed E-state index contributed by atoms with van der Waals surface area (Å²) in [5.74, 6) is -0.709. The molecule has 1 heterocycles. The van der Waals surface area contributed by atoms with Gasteiger partial charge < -0.3 is 10.6 Å². The van der Waals surface area contributed by atoms with Crippen LogP contribution in [0.5, 0.6) is 0 Å². The van der Waals surface area contributed by atoms with Gasteiger partial charge in [0.15, 0.2) is 0 Å². The number of amides is 2. The minimum atomic E-state index is -4.44. The van der Waals surface area contributed by atoms with E-state index < -0.39 is 17.6 Å². The van der Waals surface area contributed by atoms with Crippen LogP contribution in [-0.2, 0) is 12.7 Å². The lowest BCUT2D eigenvalue weighted by Crippen LogP contribution is -2.23. The largest absolute Gasteiger partial charge is 0.416 e. The molecule has 5 aromatic rings. The summed E-state index contributed by atoms with van der Waals surface area (Å²) in [5.41, 5.74) is 2.15. The molecule has 0 bridgehead atoms. The Hall–Kier alpha value is -4.63. The number of halogens is 4. The summed E-state index contributed by atoms with van der Waals surface area (Å²) >= 11 is 6.32. The third kappa shape index (κ3) is 5.63.